The van der Waals surface area contributed by atoms with Crippen molar-refractivity contribution in [3.8, 4) is 0 Å². The zero-order chi connectivity index (χ0) is 10.8. The maximum atomic E-state index is 9.54. The van der Waals surface area contributed by atoms with Gasteiger partial charge in [-0.1, -0.05) is 19.8 Å². The number of likely N-dealkylation sites (N-methyl/N-ethyl adjacent to an activating group) is 1. The van der Waals surface area contributed by atoms with Gasteiger partial charge < -0.3 is 10.4 Å². The lowest BCUT2D eigenvalue weighted by Gasteiger charge is -2.44. The van der Waals surface area contributed by atoms with Crippen LogP contribution in [0.1, 0.15) is 58.3 Å². The molecule has 88 valence electrons. The lowest BCUT2D eigenvalue weighted by atomic mass is 9.66. The fourth-order valence-corrected chi connectivity index (χ4v) is 3.65. The zero-order valence-electron chi connectivity index (χ0n) is 10.0. The van der Waals surface area contributed by atoms with Crippen molar-refractivity contribution in [3.63, 3.8) is 0 Å². The zero-order valence-corrected chi connectivity index (χ0v) is 10.0. The third-order valence-corrected chi connectivity index (χ3v) is 4.79. The molecule has 2 rings (SSSR count). The average molecular weight is 211 g/mol. The first-order valence-electron chi connectivity index (χ1n) is 6.60. The lowest BCUT2D eigenvalue weighted by Crippen LogP contribution is -2.52. The number of aliphatic hydroxyl groups excluding tert-OH is 1. The number of nitrogens with one attached hydrogen (secondary N) is 1. The molecule has 2 N–H and O–H groups in total. The molecular weight excluding hydrogens is 186 g/mol. The molecule has 2 nitrogen and oxygen atoms in total. The van der Waals surface area contributed by atoms with E-state index < -0.39 is 0 Å². The van der Waals surface area contributed by atoms with Crippen LogP contribution >= 0.6 is 0 Å². The maximum Gasteiger partial charge on any atom is 0.0613 e. The number of aliphatic hydroxyl groups is 1. The molecule has 0 aromatic heterocycles. The molecule has 0 aromatic rings. The molecule has 0 unspecified atom stereocenters. The Labute approximate surface area is 93.5 Å². The first-order chi connectivity index (χ1) is 7.24. The van der Waals surface area contributed by atoms with Gasteiger partial charge in [0.25, 0.3) is 0 Å². The van der Waals surface area contributed by atoms with E-state index in [0.29, 0.717) is 12.0 Å². The van der Waals surface area contributed by atoms with E-state index in [4.69, 9.17) is 0 Å². The van der Waals surface area contributed by atoms with Crippen LogP contribution in [-0.2, 0) is 0 Å². The van der Waals surface area contributed by atoms with Crippen LogP contribution in [0.15, 0.2) is 0 Å². The minimum atomic E-state index is 0.0581. The molecule has 0 amide bonds. The van der Waals surface area contributed by atoms with Crippen LogP contribution in [0.2, 0.25) is 0 Å². The summed E-state index contributed by atoms with van der Waals surface area (Å²) in [5.74, 6) is 0. The highest BCUT2D eigenvalue weighted by Gasteiger charge is 2.43. The summed E-state index contributed by atoms with van der Waals surface area (Å²) in [5.41, 5.74) is 0.733. The second kappa shape index (κ2) is 4.42. The molecule has 2 aliphatic rings. The van der Waals surface area contributed by atoms with Gasteiger partial charge in [-0.2, -0.15) is 0 Å². The highest BCUT2D eigenvalue weighted by molar-refractivity contribution is 4.98. The Morgan fingerprint density at radius 3 is 2.07 bits per heavy atom. The predicted octanol–water partition coefficient (Wildman–Crippen LogP) is 2.46. The van der Waals surface area contributed by atoms with E-state index in [1.807, 2.05) is 0 Å². The summed E-state index contributed by atoms with van der Waals surface area (Å²) in [6, 6.07) is 0. The van der Waals surface area contributed by atoms with E-state index in [-0.39, 0.29) is 5.54 Å². The summed E-state index contributed by atoms with van der Waals surface area (Å²) >= 11 is 0. The maximum absolute atomic E-state index is 9.54. The molecule has 2 aliphatic carbocycles. The minimum Gasteiger partial charge on any atom is -0.394 e. The van der Waals surface area contributed by atoms with E-state index >= 15 is 0 Å². The van der Waals surface area contributed by atoms with Crippen molar-refractivity contribution in [1.29, 1.82) is 0 Å². The van der Waals surface area contributed by atoms with Crippen LogP contribution < -0.4 is 5.32 Å². The largest absolute Gasteiger partial charge is 0.394 e. The molecule has 0 saturated heterocycles. The highest BCUT2D eigenvalue weighted by atomic mass is 16.3. The van der Waals surface area contributed by atoms with E-state index in [0.717, 1.165) is 6.54 Å². The fourth-order valence-electron chi connectivity index (χ4n) is 3.65. The Hall–Kier alpha value is -0.0800. The minimum absolute atomic E-state index is 0.0581. The standard InChI is InChI=1S/C13H25NO/c1-2-14-13(11-15)9-7-12(8-10-13)5-3-4-6-12/h14-15H,2-11H2,1H3. The van der Waals surface area contributed by atoms with Crippen LogP contribution in [0.5, 0.6) is 0 Å². The third-order valence-electron chi connectivity index (χ3n) is 4.79. The second-order valence-electron chi connectivity index (χ2n) is 5.68. The van der Waals surface area contributed by atoms with Gasteiger partial charge in [-0.15, -0.1) is 0 Å². The van der Waals surface area contributed by atoms with E-state index in [1.54, 1.807) is 0 Å². The Balaban J connectivity index is 1.94. The topological polar surface area (TPSA) is 32.3 Å². The SMILES string of the molecule is CCNC1(CO)CCC2(CCCC2)CC1. The van der Waals surface area contributed by atoms with Crippen molar-refractivity contribution in [1.82, 2.24) is 5.32 Å². The van der Waals surface area contributed by atoms with Crippen LogP contribution in [-0.4, -0.2) is 23.8 Å². The van der Waals surface area contributed by atoms with Crippen LogP contribution in [0, 0.1) is 5.41 Å². The van der Waals surface area contributed by atoms with Crippen molar-refractivity contribution < 1.29 is 5.11 Å². The molecular formula is C13H25NO. The molecule has 2 saturated carbocycles. The van der Waals surface area contributed by atoms with E-state index in [1.165, 1.54) is 51.4 Å². The van der Waals surface area contributed by atoms with Gasteiger partial charge in [0.15, 0.2) is 0 Å². The number of hydrogen-bond acceptors (Lipinski definition) is 2. The van der Waals surface area contributed by atoms with Gasteiger partial charge in [-0.25, -0.2) is 0 Å². The summed E-state index contributed by atoms with van der Waals surface area (Å²) in [4.78, 5) is 0. The monoisotopic (exact) mass is 211 g/mol. The molecule has 0 bridgehead atoms. The Morgan fingerprint density at radius 1 is 1.00 bits per heavy atom. The normalized spacial score (nSPS) is 28.4. The second-order valence-corrected chi connectivity index (χ2v) is 5.68. The summed E-state index contributed by atoms with van der Waals surface area (Å²) in [5, 5.41) is 13.0. The lowest BCUT2D eigenvalue weighted by molar-refractivity contribution is 0.0640. The van der Waals surface area contributed by atoms with Crippen molar-refractivity contribution in [3.05, 3.63) is 0 Å². The summed E-state index contributed by atoms with van der Waals surface area (Å²) in [6.45, 7) is 3.43. The fraction of sp³-hybridized carbons (Fsp3) is 1.00. The molecule has 0 radical (unpaired) electrons. The van der Waals surface area contributed by atoms with Gasteiger partial charge in [-0.05, 0) is 50.5 Å². The van der Waals surface area contributed by atoms with Gasteiger partial charge in [0, 0.05) is 5.54 Å². The first kappa shape index (κ1) is 11.4. The Morgan fingerprint density at radius 2 is 1.60 bits per heavy atom. The van der Waals surface area contributed by atoms with Crippen molar-refractivity contribution in [2.24, 2.45) is 5.41 Å². The Kier molecular flexibility index (Phi) is 3.36. The van der Waals surface area contributed by atoms with Gasteiger partial charge in [0.2, 0.25) is 0 Å². The molecule has 1 spiro atoms. The van der Waals surface area contributed by atoms with Gasteiger partial charge in [0.05, 0.1) is 6.61 Å². The van der Waals surface area contributed by atoms with Gasteiger partial charge in [-0.3, -0.25) is 0 Å². The quantitative estimate of drug-likeness (QED) is 0.751. The van der Waals surface area contributed by atoms with Crippen LogP contribution in [0.25, 0.3) is 0 Å². The number of hydrogen-bond donors (Lipinski definition) is 2. The summed E-state index contributed by atoms with van der Waals surface area (Å²) in [6.07, 6.45) is 10.8. The van der Waals surface area contributed by atoms with E-state index in [2.05, 4.69) is 12.2 Å². The van der Waals surface area contributed by atoms with Crippen molar-refractivity contribution >= 4 is 0 Å². The summed E-state index contributed by atoms with van der Waals surface area (Å²) in [7, 11) is 0. The van der Waals surface area contributed by atoms with Gasteiger partial charge in [0.1, 0.15) is 0 Å². The van der Waals surface area contributed by atoms with Crippen molar-refractivity contribution in [2.75, 3.05) is 13.2 Å². The smallest absolute Gasteiger partial charge is 0.0613 e. The summed E-state index contributed by atoms with van der Waals surface area (Å²) < 4.78 is 0. The predicted molar refractivity (Wildman–Crippen MR) is 62.9 cm³/mol. The molecule has 2 heteroatoms. The van der Waals surface area contributed by atoms with Crippen molar-refractivity contribution in [2.45, 2.75) is 63.8 Å². The molecule has 0 aliphatic heterocycles. The molecule has 2 fully saturated rings. The number of rotatable bonds is 3. The van der Waals surface area contributed by atoms with Crippen LogP contribution in [0.4, 0.5) is 0 Å². The molecule has 0 atom stereocenters. The van der Waals surface area contributed by atoms with Gasteiger partial charge >= 0.3 is 0 Å². The van der Waals surface area contributed by atoms with Crippen LogP contribution in [0.3, 0.4) is 0 Å². The molecule has 15 heavy (non-hydrogen) atoms. The molecule has 0 aromatic carbocycles. The first-order valence-corrected chi connectivity index (χ1v) is 6.60. The molecule has 0 heterocycles. The third kappa shape index (κ3) is 2.21. The highest BCUT2D eigenvalue weighted by Crippen LogP contribution is 2.51. The average Bonchev–Trinajstić information content (AvgIpc) is 2.72. The Bertz CT molecular complexity index is 199. The van der Waals surface area contributed by atoms with E-state index in [9.17, 15) is 5.11 Å².